The first kappa shape index (κ1) is 43.2. The van der Waals surface area contributed by atoms with E-state index in [0.717, 1.165) is 55.9 Å². The molecule has 3 atom stereocenters. The average molecular weight is 895 g/mol. The molecule has 320 valence electrons. The highest BCUT2D eigenvalue weighted by Gasteiger charge is 2.45. The number of hydrogen-bond acceptors (Lipinski definition) is 11. The minimum absolute atomic E-state index is 0.0118. The van der Waals surface area contributed by atoms with Crippen LogP contribution in [-0.2, 0) is 23.1 Å². The molecule has 7 rings (SSSR count). The number of imide groups is 2. The summed E-state index contributed by atoms with van der Waals surface area (Å²) in [5.41, 5.74) is 5.65. The van der Waals surface area contributed by atoms with Gasteiger partial charge in [-0.2, -0.15) is 5.10 Å². The van der Waals surface area contributed by atoms with E-state index in [0.29, 0.717) is 34.5 Å². The molecule has 3 aliphatic heterocycles. The molecule has 0 radical (unpaired) electrons. The first-order valence-corrected chi connectivity index (χ1v) is 21.5. The third-order valence-corrected chi connectivity index (χ3v) is 12.6. The van der Waals surface area contributed by atoms with Gasteiger partial charge in [0.15, 0.2) is 0 Å². The topological polar surface area (TPSA) is 169 Å². The Morgan fingerprint density at radius 1 is 0.902 bits per heavy atom. The molecule has 0 spiro atoms. The summed E-state index contributed by atoms with van der Waals surface area (Å²) in [6, 6.07) is 20.6. The molecule has 4 heterocycles. The lowest BCUT2D eigenvalue weighted by Gasteiger charge is -2.37. The number of anilines is 3. The maximum atomic E-state index is 13.4. The zero-order valence-corrected chi connectivity index (χ0v) is 36.5. The summed E-state index contributed by atoms with van der Waals surface area (Å²) in [6.45, 7) is 3.70. The summed E-state index contributed by atoms with van der Waals surface area (Å²) in [4.78, 5) is 83.5. The van der Waals surface area contributed by atoms with Gasteiger partial charge >= 0.3 is 0 Å². The van der Waals surface area contributed by atoms with Crippen LogP contribution in [0.15, 0.2) is 82.2 Å². The number of aryl methyl sites for hydroxylation is 2. The fraction of sp³-hybridized carbons (Fsp3) is 0.400. The van der Waals surface area contributed by atoms with Gasteiger partial charge < -0.3 is 25.3 Å². The second-order valence-corrected chi connectivity index (χ2v) is 17.1. The zero-order valence-electron chi connectivity index (χ0n) is 34.9. The maximum Gasteiger partial charge on any atom is 0.282 e. The van der Waals surface area contributed by atoms with E-state index in [1.807, 2.05) is 26.2 Å². The number of aromatic nitrogens is 2. The van der Waals surface area contributed by atoms with Crippen molar-refractivity contribution in [1.82, 2.24) is 29.8 Å². The van der Waals surface area contributed by atoms with Gasteiger partial charge in [0, 0.05) is 83.3 Å². The van der Waals surface area contributed by atoms with E-state index < -0.39 is 29.7 Å². The van der Waals surface area contributed by atoms with E-state index in [2.05, 4.69) is 90.2 Å². The number of nitrogens with one attached hydrogen (secondary N) is 3. The molecular weight excluding hydrogens is 842 g/mol. The van der Waals surface area contributed by atoms with Crippen LogP contribution in [0.4, 0.5) is 17.1 Å². The van der Waals surface area contributed by atoms with Crippen molar-refractivity contribution in [2.45, 2.75) is 56.5 Å². The van der Waals surface area contributed by atoms with Crippen molar-refractivity contribution in [3.05, 3.63) is 116 Å². The van der Waals surface area contributed by atoms with Gasteiger partial charge in [0.2, 0.25) is 11.8 Å². The number of rotatable bonds is 15. The summed E-state index contributed by atoms with van der Waals surface area (Å²) in [5, 5.41) is 13.2. The van der Waals surface area contributed by atoms with Crippen LogP contribution < -0.4 is 26.4 Å². The molecule has 5 amide bonds. The smallest absolute Gasteiger partial charge is 0.282 e. The minimum atomic E-state index is -1.00. The number of amides is 5. The van der Waals surface area contributed by atoms with Crippen LogP contribution in [-0.4, -0.2) is 120 Å². The van der Waals surface area contributed by atoms with Crippen molar-refractivity contribution >= 4 is 62.5 Å². The Balaban J connectivity index is 0.836. The molecule has 1 unspecified atom stereocenters. The van der Waals surface area contributed by atoms with Gasteiger partial charge in [0.25, 0.3) is 23.3 Å². The Morgan fingerprint density at radius 3 is 2.39 bits per heavy atom. The van der Waals surface area contributed by atoms with Crippen molar-refractivity contribution < 1.29 is 24.0 Å². The van der Waals surface area contributed by atoms with Gasteiger partial charge in [0.05, 0.1) is 23.0 Å². The number of piperidine rings is 2. The van der Waals surface area contributed by atoms with Crippen LogP contribution in [0.25, 0.3) is 0 Å². The average Bonchev–Trinajstić information content (AvgIpc) is 3.51. The Kier molecular flexibility index (Phi) is 13.3. The van der Waals surface area contributed by atoms with E-state index in [1.54, 1.807) is 36.3 Å². The van der Waals surface area contributed by atoms with Crippen LogP contribution >= 0.6 is 15.9 Å². The number of carbonyl (C=O) groups is 5. The van der Waals surface area contributed by atoms with Crippen LogP contribution in [0.1, 0.15) is 80.2 Å². The molecule has 3 aromatic carbocycles. The molecule has 3 N–H and O–H groups in total. The Labute approximate surface area is 363 Å². The number of likely N-dealkylation sites (tertiary alicyclic amines) is 1. The lowest BCUT2D eigenvalue weighted by atomic mass is 9.87. The number of carbonyl (C=O) groups excluding carboxylic acids is 5. The molecule has 2 saturated heterocycles. The number of likely N-dealkylation sites (N-methyl/N-ethyl adjacent to an activating group) is 1. The molecule has 0 bridgehead atoms. The summed E-state index contributed by atoms with van der Waals surface area (Å²) < 4.78 is 1.77. The summed E-state index contributed by atoms with van der Waals surface area (Å²) in [5.74, 6) is -1.83. The lowest BCUT2D eigenvalue weighted by Crippen LogP contribution is -2.54. The molecule has 0 aliphatic carbocycles. The highest BCUT2D eigenvalue weighted by molar-refractivity contribution is 9.10. The van der Waals surface area contributed by atoms with E-state index in [1.165, 1.54) is 15.8 Å². The first-order valence-electron chi connectivity index (χ1n) is 20.7. The van der Waals surface area contributed by atoms with Crippen LogP contribution in [0, 0.1) is 0 Å². The van der Waals surface area contributed by atoms with Gasteiger partial charge in [0.1, 0.15) is 10.5 Å². The summed E-state index contributed by atoms with van der Waals surface area (Å²) in [6.07, 6.45) is 5.13. The maximum absolute atomic E-state index is 13.4. The third-order valence-electron chi connectivity index (χ3n) is 11.8. The molecule has 1 aromatic heterocycles. The predicted molar refractivity (Wildman–Crippen MR) is 237 cm³/mol. The minimum Gasteiger partial charge on any atom is -0.384 e. The van der Waals surface area contributed by atoms with E-state index in [4.69, 9.17) is 0 Å². The summed E-state index contributed by atoms with van der Waals surface area (Å²) in [7, 11) is 7.61. The van der Waals surface area contributed by atoms with Gasteiger partial charge in [-0.05, 0) is 109 Å². The third kappa shape index (κ3) is 9.70. The molecule has 3 aliphatic rings. The highest BCUT2D eigenvalue weighted by Crippen LogP contribution is 2.33. The van der Waals surface area contributed by atoms with Crippen LogP contribution in [0.2, 0.25) is 0 Å². The van der Waals surface area contributed by atoms with E-state index in [-0.39, 0.29) is 47.4 Å². The van der Waals surface area contributed by atoms with Gasteiger partial charge in [-0.25, -0.2) is 4.68 Å². The van der Waals surface area contributed by atoms with E-state index in [9.17, 15) is 28.8 Å². The molecule has 61 heavy (non-hydrogen) atoms. The predicted octanol–water partition coefficient (Wildman–Crippen LogP) is 4.49. The summed E-state index contributed by atoms with van der Waals surface area (Å²) >= 11 is 3.42. The number of nitrogens with zero attached hydrogens (tertiary/aromatic N) is 6. The quantitative estimate of drug-likeness (QED) is 0.114. The standard InChI is InChI=1S/C45H52BrN9O6/c1-51-26-31(24-32(27-51)49-36-25-48-54(4)45(61)40(36)46)29-13-15-30(16-14-29)42(58)53(3)23-7-22-52(2)33-17-11-28(12-18-33)8-6-21-47-35-10-5-9-34-39(35)44(60)55(43(34)59)37-19-20-38(56)50-41(37)57/h5,9-18,25,31-32,37,47,49H,6-8,19-24,26-27H2,1-4H3,(H,50,56,57)/t31-,32+,37?/m1/s1. The number of fused-ring (bicyclic) bond motifs is 1. The second-order valence-electron chi connectivity index (χ2n) is 16.3. The van der Waals surface area contributed by atoms with Crippen LogP contribution in [0.3, 0.4) is 0 Å². The van der Waals surface area contributed by atoms with Gasteiger partial charge in [-0.1, -0.05) is 30.3 Å². The molecule has 2 fully saturated rings. The van der Waals surface area contributed by atoms with Crippen LogP contribution in [0.5, 0.6) is 0 Å². The number of benzene rings is 3. The van der Waals surface area contributed by atoms with Crippen molar-refractivity contribution in [2.75, 3.05) is 69.4 Å². The molecular formula is C45H52BrN9O6. The first-order chi connectivity index (χ1) is 29.3. The molecule has 16 heteroatoms. The number of hydrogen-bond donors (Lipinski definition) is 3. The van der Waals surface area contributed by atoms with Crippen molar-refractivity contribution in [3.8, 4) is 0 Å². The van der Waals surface area contributed by atoms with Gasteiger partial charge in [-0.15, -0.1) is 0 Å². The van der Waals surface area contributed by atoms with E-state index >= 15 is 0 Å². The van der Waals surface area contributed by atoms with Crippen molar-refractivity contribution in [3.63, 3.8) is 0 Å². The molecule has 15 nitrogen and oxygen atoms in total. The van der Waals surface area contributed by atoms with Crippen molar-refractivity contribution in [2.24, 2.45) is 7.05 Å². The SMILES string of the molecule is CN1C[C@@H](Nc2cnn(C)c(=O)c2Br)C[C@@H](c2ccc(C(=O)N(C)CCCN(C)c3ccc(CCCNc4cccc5c4C(=O)N(C4CCC(=O)NC4=O)C5=O)cc3)cc2)C1. The Bertz CT molecular complexity index is 2370. The van der Waals surface area contributed by atoms with Crippen molar-refractivity contribution in [1.29, 1.82) is 0 Å². The fourth-order valence-electron chi connectivity index (χ4n) is 8.49. The second kappa shape index (κ2) is 18.8. The zero-order chi connectivity index (χ0) is 43.4. The van der Waals surface area contributed by atoms with Gasteiger partial charge in [-0.3, -0.25) is 39.0 Å². The molecule has 0 saturated carbocycles. The number of halogens is 1. The highest BCUT2D eigenvalue weighted by atomic mass is 79.9. The lowest BCUT2D eigenvalue weighted by molar-refractivity contribution is -0.136. The largest absolute Gasteiger partial charge is 0.384 e. The Hall–Kier alpha value is -5.87. The monoisotopic (exact) mass is 893 g/mol. The Morgan fingerprint density at radius 2 is 1.66 bits per heavy atom. The molecule has 4 aromatic rings. The normalized spacial score (nSPS) is 19.1. The fourth-order valence-corrected chi connectivity index (χ4v) is 8.96.